The van der Waals surface area contributed by atoms with E-state index in [1.807, 2.05) is 0 Å². The van der Waals surface area contributed by atoms with Gasteiger partial charge in [0.1, 0.15) is 11.3 Å². The second-order valence-corrected chi connectivity index (χ2v) is 3.65. The molecule has 1 atom stereocenters. The molecule has 0 bridgehead atoms. The molecule has 0 aliphatic carbocycles. The number of esters is 1. The highest BCUT2D eigenvalue weighted by atomic mass is 35.5. The molecule has 1 aromatic rings. The van der Waals surface area contributed by atoms with Gasteiger partial charge in [-0.1, -0.05) is 11.6 Å². The molecule has 1 aromatic heterocycles. The predicted octanol–water partition coefficient (Wildman–Crippen LogP) is 1.68. The number of ether oxygens (including phenoxy) is 2. The number of hydrogen-bond acceptors (Lipinski definition) is 4. The van der Waals surface area contributed by atoms with E-state index in [2.05, 4.69) is 4.98 Å². The van der Waals surface area contributed by atoms with E-state index in [0.29, 0.717) is 23.9 Å². The smallest absolute Gasteiger partial charge is 0.340 e. The summed E-state index contributed by atoms with van der Waals surface area (Å²) in [7, 11) is 0. The summed E-state index contributed by atoms with van der Waals surface area (Å²) in [5, 5.41) is 0.357. The normalized spacial score (nSPS) is 20.2. The first-order chi connectivity index (χ1) is 7.25. The standard InChI is InChI=1S/C10H10ClNO3/c11-9-2-1-7(5-12-9)10(13)15-8-3-4-14-6-8/h1-2,5,8H,3-4,6H2. The maximum Gasteiger partial charge on any atom is 0.340 e. The Bertz CT molecular complexity index is 346. The van der Waals surface area contributed by atoms with E-state index in [9.17, 15) is 4.79 Å². The molecule has 0 N–H and O–H groups in total. The lowest BCUT2D eigenvalue weighted by atomic mass is 10.3. The number of nitrogens with zero attached hydrogens (tertiary/aromatic N) is 1. The highest BCUT2D eigenvalue weighted by Crippen LogP contribution is 2.12. The van der Waals surface area contributed by atoms with Crippen LogP contribution < -0.4 is 0 Å². The molecule has 0 radical (unpaired) electrons. The van der Waals surface area contributed by atoms with E-state index >= 15 is 0 Å². The predicted molar refractivity (Wildman–Crippen MR) is 53.9 cm³/mol. The first-order valence-electron chi connectivity index (χ1n) is 4.66. The van der Waals surface area contributed by atoms with Crippen molar-refractivity contribution in [3.63, 3.8) is 0 Å². The van der Waals surface area contributed by atoms with E-state index in [1.54, 1.807) is 12.1 Å². The summed E-state index contributed by atoms with van der Waals surface area (Å²) >= 11 is 5.60. The average Bonchev–Trinajstić information content (AvgIpc) is 2.71. The van der Waals surface area contributed by atoms with Gasteiger partial charge in [-0.05, 0) is 12.1 Å². The van der Waals surface area contributed by atoms with Gasteiger partial charge >= 0.3 is 5.97 Å². The first kappa shape index (κ1) is 10.4. The van der Waals surface area contributed by atoms with Gasteiger partial charge in [0.15, 0.2) is 0 Å². The summed E-state index contributed by atoms with van der Waals surface area (Å²) in [6.45, 7) is 1.13. The van der Waals surface area contributed by atoms with Crippen molar-refractivity contribution in [3.8, 4) is 0 Å². The molecular formula is C10H10ClNO3. The second kappa shape index (κ2) is 4.59. The maximum atomic E-state index is 11.6. The van der Waals surface area contributed by atoms with E-state index in [1.165, 1.54) is 6.20 Å². The maximum absolute atomic E-state index is 11.6. The molecule has 2 heterocycles. The summed E-state index contributed by atoms with van der Waals surface area (Å²) in [6, 6.07) is 3.15. The summed E-state index contributed by atoms with van der Waals surface area (Å²) in [5.74, 6) is -0.380. The lowest BCUT2D eigenvalue weighted by molar-refractivity contribution is 0.0270. The van der Waals surface area contributed by atoms with Gasteiger partial charge in [-0.25, -0.2) is 9.78 Å². The van der Waals surface area contributed by atoms with Crippen LogP contribution in [0.3, 0.4) is 0 Å². The third-order valence-electron chi connectivity index (χ3n) is 2.12. The van der Waals surface area contributed by atoms with Gasteiger partial charge in [0.05, 0.1) is 18.8 Å². The quantitative estimate of drug-likeness (QED) is 0.570. The van der Waals surface area contributed by atoms with Crippen LogP contribution in [-0.4, -0.2) is 30.3 Å². The Morgan fingerprint density at radius 2 is 2.47 bits per heavy atom. The third kappa shape index (κ3) is 2.67. The van der Waals surface area contributed by atoms with Crippen molar-refractivity contribution in [2.24, 2.45) is 0 Å². The fraction of sp³-hybridized carbons (Fsp3) is 0.400. The number of carbonyl (C=O) groups is 1. The van der Waals surface area contributed by atoms with Crippen LogP contribution in [0.5, 0.6) is 0 Å². The molecule has 80 valence electrons. The minimum atomic E-state index is -0.380. The summed E-state index contributed by atoms with van der Waals surface area (Å²) in [5.41, 5.74) is 0.409. The van der Waals surface area contributed by atoms with Crippen molar-refractivity contribution < 1.29 is 14.3 Å². The SMILES string of the molecule is O=C(OC1CCOC1)c1ccc(Cl)nc1. The Kier molecular flexibility index (Phi) is 3.18. The van der Waals surface area contributed by atoms with Gasteiger partial charge in [-0.3, -0.25) is 0 Å². The topological polar surface area (TPSA) is 48.4 Å². The number of pyridine rings is 1. The molecule has 2 rings (SSSR count). The number of rotatable bonds is 2. The first-order valence-corrected chi connectivity index (χ1v) is 5.04. The molecule has 0 saturated carbocycles. The highest BCUT2D eigenvalue weighted by molar-refractivity contribution is 6.29. The lowest BCUT2D eigenvalue weighted by Crippen LogP contribution is -2.18. The summed E-state index contributed by atoms with van der Waals surface area (Å²) in [6.07, 6.45) is 2.03. The zero-order chi connectivity index (χ0) is 10.7. The monoisotopic (exact) mass is 227 g/mol. The molecule has 1 aliphatic heterocycles. The largest absolute Gasteiger partial charge is 0.456 e. The van der Waals surface area contributed by atoms with E-state index in [-0.39, 0.29) is 12.1 Å². The molecule has 5 heteroatoms. The Labute approximate surface area is 92.2 Å². The molecule has 0 spiro atoms. The molecule has 15 heavy (non-hydrogen) atoms. The average molecular weight is 228 g/mol. The molecule has 1 fully saturated rings. The minimum Gasteiger partial charge on any atom is -0.456 e. The van der Waals surface area contributed by atoms with Crippen LogP contribution >= 0.6 is 11.6 Å². The Morgan fingerprint density at radius 3 is 3.07 bits per heavy atom. The van der Waals surface area contributed by atoms with Crippen LogP contribution in [0.25, 0.3) is 0 Å². The lowest BCUT2D eigenvalue weighted by Gasteiger charge is -2.09. The van der Waals surface area contributed by atoms with Gasteiger partial charge in [0, 0.05) is 12.6 Å². The van der Waals surface area contributed by atoms with Crippen LogP contribution in [-0.2, 0) is 9.47 Å². The van der Waals surface area contributed by atoms with Crippen LogP contribution in [0, 0.1) is 0 Å². The van der Waals surface area contributed by atoms with Crippen LogP contribution in [0.15, 0.2) is 18.3 Å². The van der Waals surface area contributed by atoms with Crippen LogP contribution in [0.2, 0.25) is 5.15 Å². The molecule has 1 unspecified atom stereocenters. The zero-order valence-corrected chi connectivity index (χ0v) is 8.74. The van der Waals surface area contributed by atoms with Gasteiger partial charge in [0.25, 0.3) is 0 Å². The van der Waals surface area contributed by atoms with E-state index < -0.39 is 0 Å². The minimum absolute atomic E-state index is 0.131. The second-order valence-electron chi connectivity index (χ2n) is 3.26. The fourth-order valence-electron chi connectivity index (χ4n) is 1.32. The molecular weight excluding hydrogens is 218 g/mol. The summed E-state index contributed by atoms with van der Waals surface area (Å²) < 4.78 is 10.3. The van der Waals surface area contributed by atoms with E-state index in [4.69, 9.17) is 21.1 Å². The Balaban J connectivity index is 1.98. The Morgan fingerprint density at radius 1 is 1.60 bits per heavy atom. The van der Waals surface area contributed by atoms with Crippen LogP contribution in [0.1, 0.15) is 16.8 Å². The van der Waals surface area contributed by atoms with Crippen molar-refractivity contribution in [2.45, 2.75) is 12.5 Å². The number of halogens is 1. The summed E-state index contributed by atoms with van der Waals surface area (Å²) in [4.78, 5) is 15.4. The molecule has 1 aliphatic rings. The molecule has 0 aromatic carbocycles. The van der Waals surface area contributed by atoms with Gasteiger partial charge in [-0.2, -0.15) is 0 Å². The third-order valence-corrected chi connectivity index (χ3v) is 2.35. The number of carbonyl (C=O) groups excluding carboxylic acids is 1. The number of aromatic nitrogens is 1. The van der Waals surface area contributed by atoms with Gasteiger partial charge in [0.2, 0.25) is 0 Å². The highest BCUT2D eigenvalue weighted by Gasteiger charge is 2.20. The van der Waals surface area contributed by atoms with Crippen molar-refractivity contribution >= 4 is 17.6 Å². The Hall–Kier alpha value is -1.13. The zero-order valence-electron chi connectivity index (χ0n) is 7.98. The van der Waals surface area contributed by atoms with Crippen molar-refractivity contribution in [1.29, 1.82) is 0 Å². The molecule has 0 amide bonds. The van der Waals surface area contributed by atoms with Crippen molar-refractivity contribution in [1.82, 2.24) is 4.98 Å². The molecule has 4 nitrogen and oxygen atoms in total. The van der Waals surface area contributed by atoms with E-state index in [0.717, 1.165) is 6.42 Å². The number of hydrogen-bond donors (Lipinski definition) is 0. The fourth-order valence-corrected chi connectivity index (χ4v) is 1.43. The van der Waals surface area contributed by atoms with Gasteiger partial charge < -0.3 is 9.47 Å². The molecule has 1 saturated heterocycles. The van der Waals surface area contributed by atoms with Crippen LogP contribution in [0.4, 0.5) is 0 Å². The van der Waals surface area contributed by atoms with Crippen molar-refractivity contribution in [3.05, 3.63) is 29.0 Å². The van der Waals surface area contributed by atoms with Crippen molar-refractivity contribution in [2.75, 3.05) is 13.2 Å². The van der Waals surface area contributed by atoms with Gasteiger partial charge in [-0.15, -0.1) is 0 Å².